The fourth-order valence-corrected chi connectivity index (χ4v) is 7.14. The number of nitrogens with one attached hydrogen (secondary N) is 1. The van der Waals surface area contributed by atoms with Crippen LogP contribution in [-0.2, 0) is 4.79 Å². The van der Waals surface area contributed by atoms with Crippen LogP contribution in [0, 0.1) is 5.92 Å². The number of hydrogen-bond acceptors (Lipinski definition) is 5. The van der Waals surface area contributed by atoms with E-state index in [4.69, 9.17) is 10.1 Å². The summed E-state index contributed by atoms with van der Waals surface area (Å²) in [4.78, 5) is 17.2. The molecule has 1 aromatic heterocycles. The first-order valence-electron chi connectivity index (χ1n) is 14.4. The Kier molecular flexibility index (Phi) is 8.90. The van der Waals surface area contributed by atoms with Crippen LogP contribution in [-0.4, -0.2) is 23.1 Å². The van der Waals surface area contributed by atoms with Crippen LogP contribution in [0.1, 0.15) is 94.6 Å². The van der Waals surface area contributed by atoms with Crippen LogP contribution in [0.4, 0.5) is 10.8 Å². The summed E-state index contributed by atoms with van der Waals surface area (Å²) in [6.45, 7) is 5.93. The molecule has 6 heteroatoms. The number of para-hydroxylation sites is 1. The van der Waals surface area contributed by atoms with Crippen molar-refractivity contribution in [3.05, 3.63) is 66.2 Å². The van der Waals surface area contributed by atoms with E-state index in [2.05, 4.69) is 54.2 Å². The van der Waals surface area contributed by atoms with Gasteiger partial charge < -0.3 is 5.32 Å². The van der Waals surface area contributed by atoms with Gasteiger partial charge >= 0.3 is 0 Å². The summed E-state index contributed by atoms with van der Waals surface area (Å²) in [7, 11) is 0. The number of aromatic nitrogens is 1. The second-order valence-electron chi connectivity index (χ2n) is 10.9. The highest BCUT2D eigenvalue weighted by Crippen LogP contribution is 2.39. The maximum atomic E-state index is 12.2. The number of hydrazone groups is 1. The van der Waals surface area contributed by atoms with Crippen molar-refractivity contribution >= 4 is 44.5 Å². The lowest BCUT2D eigenvalue weighted by atomic mass is 9.77. The number of thiazole rings is 1. The van der Waals surface area contributed by atoms with E-state index in [0.29, 0.717) is 12.0 Å². The molecular formula is C32H40N4OS. The molecule has 0 bridgehead atoms. The predicted octanol–water partition coefficient (Wildman–Crippen LogP) is 8.67. The zero-order chi connectivity index (χ0) is 26.3. The topological polar surface area (TPSA) is 57.6 Å². The van der Waals surface area contributed by atoms with Crippen LogP contribution < -0.4 is 10.3 Å². The van der Waals surface area contributed by atoms with Gasteiger partial charge in [0, 0.05) is 11.3 Å². The number of fused-ring (bicyclic) bond motifs is 1. The quantitative estimate of drug-likeness (QED) is 0.172. The molecule has 0 spiro atoms. The normalized spacial score (nSPS) is 20.6. The monoisotopic (exact) mass is 528 g/mol. The lowest BCUT2D eigenvalue weighted by molar-refractivity contribution is -0.111. The number of rotatable bonds is 9. The van der Waals surface area contributed by atoms with Gasteiger partial charge in [0.2, 0.25) is 11.0 Å². The minimum atomic E-state index is -0.206. The zero-order valence-corrected chi connectivity index (χ0v) is 23.4. The molecule has 0 atom stereocenters. The van der Waals surface area contributed by atoms with Gasteiger partial charge in [-0.15, -0.1) is 0 Å². The van der Waals surface area contributed by atoms with Gasteiger partial charge in [-0.1, -0.05) is 75.1 Å². The Morgan fingerprint density at radius 2 is 1.89 bits per heavy atom. The zero-order valence-electron chi connectivity index (χ0n) is 22.6. The fraction of sp³-hybridized carbons (Fsp3) is 0.469. The van der Waals surface area contributed by atoms with Crippen molar-refractivity contribution < 1.29 is 4.79 Å². The van der Waals surface area contributed by atoms with Crippen molar-refractivity contribution in [1.82, 2.24) is 4.98 Å². The molecule has 0 radical (unpaired) electrons. The van der Waals surface area contributed by atoms with Crippen LogP contribution in [0.25, 0.3) is 10.2 Å². The van der Waals surface area contributed by atoms with Crippen molar-refractivity contribution in [1.29, 1.82) is 0 Å². The molecular weight excluding hydrogens is 488 g/mol. The van der Waals surface area contributed by atoms with Crippen molar-refractivity contribution in [3.63, 3.8) is 0 Å². The van der Waals surface area contributed by atoms with E-state index >= 15 is 0 Å². The highest BCUT2D eigenvalue weighted by molar-refractivity contribution is 7.22. The molecule has 1 amide bonds. The van der Waals surface area contributed by atoms with Gasteiger partial charge in [-0.05, 0) is 86.3 Å². The minimum Gasteiger partial charge on any atom is -0.322 e. The second kappa shape index (κ2) is 12.7. The number of nitrogens with zero attached hydrogens (tertiary/aromatic N) is 3. The Morgan fingerprint density at radius 3 is 2.63 bits per heavy atom. The third-order valence-corrected chi connectivity index (χ3v) is 9.28. The first kappa shape index (κ1) is 26.6. The van der Waals surface area contributed by atoms with Crippen LogP contribution in [0.3, 0.4) is 0 Å². The van der Waals surface area contributed by atoms with Crippen molar-refractivity contribution in [2.45, 2.75) is 89.5 Å². The molecule has 2 aromatic carbocycles. The molecule has 0 aliphatic heterocycles. The summed E-state index contributed by atoms with van der Waals surface area (Å²) in [5.41, 5.74) is 4.08. The first-order chi connectivity index (χ1) is 18.6. The lowest BCUT2D eigenvalue weighted by Crippen LogP contribution is -2.32. The van der Waals surface area contributed by atoms with Gasteiger partial charge in [-0.3, -0.25) is 4.79 Å². The predicted molar refractivity (Wildman–Crippen MR) is 161 cm³/mol. The van der Waals surface area contributed by atoms with Gasteiger partial charge in [0.1, 0.15) is 0 Å². The molecule has 1 heterocycles. The van der Waals surface area contributed by atoms with Gasteiger partial charge in [-0.25, -0.2) is 9.99 Å². The molecule has 38 heavy (non-hydrogen) atoms. The molecule has 200 valence electrons. The molecule has 2 aliphatic rings. The number of benzene rings is 2. The van der Waals surface area contributed by atoms with E-state index in [0.717, 1.165) is 40.7 Å². The standard InChI is InChI=1S/C32H40N4OS/c1-3-10-23-15-17-24(18-16-23)25-19-20-28(34-31(37)4-2)26(21-25)22-33-36(27-11-6-5-7-12-27)32-35-29-13-8-9-14-30(29)38-32/h4,8-9,13-14,19-24,27H,2-3,5-7,10-12,15-18H2,1H3,(H,34,37)/b33-22+. The molecule has 0 saturated heterocycles. The minimum absolute atomic E-state index is 0.206. The Hall–Kier alpha value is -2.99. The summed E-state index contributed by atoms with van der Waals surface area (Å²) < 4.78 is 1.18. The highest BCUT2D eigenvalue weighted by Gasteiger charge is 2.25. The number of carbonyl (C=O) groups is 1. The Morgan fingerprint density at radius 1 is 1.11 bits per heavy atom. The molecule has 3 aromatic rings. The van der Waals surface area contributed by atoms with Crippen LogP contribution in [0.5, 0.6) is 0 Å². The largest absolute Gasteiger partial charge is 0.322 e. The van der Waals surface area contributed by atoms with Crippen molar-refractivity contribution in [2.75, 3.05) is 10.3 Å². The summed E-state index contributed by atoms with van der Waals surface area (Å²) in [6, 6.07) is 15.1. The van der Waals surface area contributed by atoms with E-state index in [9.17, 15) is 4.79 Å². The molecule has 2 saturated carbocycles. The lowest BCUT2D eigenvalue weighted by Gasteiger charge is -2.30. The second-order valence-corrected chi connectivity index (χ2v) is 11.9. The highest BCUT2D eigenvalue weighted by atomic mass is 32.1. The Labute approximate surface area is 231 Å². The molecule has 5 nitrogen and oxygen atoms in total. The third-order valence-electron chi connectivity index (χ3n) is 8.25. The van der Waals surface area contributed by atoms with Gasteiger partial charge in [0.05, 0.1) is 22.5 Å². The van der Waals surface area contributed by atoms with E-state index < -0.39 is 0 Å². The van der Waals surface area contributed by atoms with Gasteiger partial charge in [-0.2, -0.15) is 5.10 Å². The van der Waals surface area contributed by atoms with E-state index in [1.807, 2.05) is 18.3 Å². The molecule has 0 unspecified atom stereocenters. The summed E-state index contributed by atoms with van der Waals surface area (Å²) >= 11 is 1.70. The number of amides is 1. The number of anilines is 2. The van der Waals surface area contributed by atoms with Crippen LogP contribution in [0.2, 0.25) is 0 Å². The fourth-order valence-electron chi connectivity index (χ4n) is 6.14. The van der Waals surface area contributed by atoms with Crippen LogP contribution >= 0.6 is 11.3 Å². The molecule has 2 fully saturated rings. The molecule has 5 rings (SSSR count). The molecule has 2 aliphatic carbocycles. The number of carbonyl (C=O) groups excluding carboxylic acids is 1. The Balaban J connectivity index is 1.45. The summed E-state index contributed by atoms with van der Waals surface area (Å²) in [6.07, 6.45) is 16.9. The van der Waals surface area contributed by atoms with E-state index in [-0.39, 0.29) is 5.91 Å². The third kappa shape index (κ3) is 6.35. The van der Waals surface area contributed by atoms with Gasteiger partial charge in [0.25, 0.3) is 0 Å². The Bertz CT molecular complexity index is 1230. The van der Waals surface area contributed by atoms with Crippen molar-refractivity contribution in [2.24, 2.45) is 11.0 Å². The van der Waals surface area contributed by atoms with E-state index in [1.165, 1.54) is 74.1 Å². The van der Waals surface area contributed by atoms with Crippen molar-refractivity contribution in [3.8, 4) is 0 Å². The average Bonchev–Trinajstić information content (AvgIpc) is 3.39. The maximum Gasteiger partial charge on any atom is 0.247 e. The van der Waals surface area contributed by atoms with E-state index in [1.54, 1.807) is 11.3 Å². The summed E-state index contributed by atoms with van der Waals surface area (Å²) in [5, 5.41) is 11.2. The van der Waals surface area contributed by atoms with Gasteiger partial charge in [0.15, 0.2) is 0 Å². The smallest absolute Gasteiger partial charge is 0.247 e. The van der Waals surface area contributed by atoms with Crippen LogP contribution in [0.15, 0.2) is 60.2 Å². The summed E-state index contributed by atoms with van der Waals surface area (Å²) in [5.74, 6) is 1.24. The number of hydrogen-bond donors (Lipinski definition) is 1. The molecule has 1 N–H and O–H groups in total. The average molecular weight is 529 g/mol. The maximum absolute atomic E-state index is 12.2. The SMILES string of the molecule is C=CC(=O)Nc1ccc(C2CCC(CCC)CC2)cc1/C=N/N(c1nc2ccccc2s1)C1CCCCC1. The first-order valence-corrected chi connectivity index (χ1v) is 15.2.